The Morgan fingerprint density at radius 3 is 2.33 bits per heavy atom. The average molecular weight is 274 g/mol. The maximum atomic E-state index is 4.10. The molecule has 1 rings (SSSR count). The second-order valence-electron chi connectivity index (χ2n) is 1.95. The smallest absolute Gasteiger partial charge is 0.113 e. The van der Waals surface area contributed by atoms with Crippen LogP contribution in [0, 0.1) is 0 Å². The highest BCUT2D eigenvalue weighted by Gasteiger charge is 2.31. The molecule has 0 bridgehead atoms. The Morgan fingerprint density at radius 2 is 2.11 bits per heavy atom. The van der Waals surface area contributed by atoms with Gasteiger partial charge < -0.3 is 0 Å². The Morgan fingerprint density at radius 1 is 1.44 bits per heavy atom. The fraction of sp³-hybridized carbons (Fsp3) is 1.00. The van der Waals surface area contributed by atoms with Gasteiger partial charge in [-0.3, -0.25) is 0 Å². The number of hydrogen-bond donors (Lipinski definition) is 0. The van der Waals surface area contributed by atoms with Crippen molar-refractivity contribution in [1.29, 1.82) is 0 Å². The van der Waals surface area contributed by atoms with Crippen LogP contribution in [0.1, 0.15) is 0 Å². The van der Waals surface area contributed by atoms with Gasteiger partial charge in [0.2, 0.25) is 0 Å². The van der Waals surface area contributed by atoms with Crippen molar-refractivity contribution in [2.75, 3.05) is 16.4 Å². The molecule has 0 fully saturated rings. The largest absolute Gasteiger partial charge is 0.172 e. The molecule has 0 atom stereocenters. The summed E-state index contributed by atoms with van der Waals surface area (Å²) >= 11 is 8.32. The van der Waals surface area contributed by atoms with Crippen LogP contribution in [0.5, 0.6) is 0 Å². The van der Waals surface area contributed by atoms with Gasteiger partial charge in [0.05, 0.1) is 0 Å². The predicted molar refractivity (Wildman–Crippen MR) is 47.6 cm³/mol. The Bertz CT molecular complexity index is 124. The third-order valence-corrected chi connectivity index (χ3v) is 4.09. The van der Waals surface area contributed by atoms with Crippen LogP contribution in [0.15, 0.2) is 9.63 Å². The lowest BCUT2D eigenvalue weighted by molar-refractivity contribution is 0.616. The summed E-state index contributed by atoms with van der Waals surface area (Å²) in [6.07, 6.45) is 0. The fourth-order valence-electron chi connectivity index (χ4n) is 0.460. The molecule has 0 saturated carbocycles. The lowest BCUT2D eigenvalue weighted by atomic mass is 10.1. The van der Waals surface area contributed by atoms with Crippen LogP contribution in [0.25, 0.3) is 0 Å². The van der Waals surface area contributed by atoms with Gasteiger partial charge >= 0.3 is 0 Å². The van der Waals surface area contributed by atoms with Gasteiger partial charge in [-0.2, -0.15) is 5.11 Å². The molecule has 1 aliphatic rings. The van der Waals surface area contributed by atoms with E-state index in [-0.39, 0.29) is 5.54 Å². The number of nitrogens with zero attached hydrogens (tertiary/aromatic N) is 2. The molecule has 9 heavy (non-hydrogen) atoms. The maximum Gasteiger partial charge on any atom is 0.113 e. The second-order valence-corrected chi connectivity index (χ2v) is 3.78. The van der Waals surface area contributed by atoms with E-state index >= 15 is 0 Å². The van der Waals surface area contributed by atoms with E-state index in [1.165, 1.54) is 11.9 Å². The Balaban J connectivity index is 2.57. The maximum absolute atomic E-state index is 4.10. The summed E-state index contributed by atoms with van der Waals surface area (Å²) in [6, 6.07) is 0. The zero-order valence-electron chi connectivity index (χ0n) is 4.68. The normalized spacial score (nSPS) is 22.9. The second kappa shape index (κ2) is 3.34. The van der Waals surface area contributed by atoms with Gasteiger partial charge in [-0.25, -0.2) is 0 Å². The van der Waals surface area contributed by atoms with Crippen molar-refractivity contribution in [2.45, 2.75) is 5.54 Å². The molecule has 2 nitrogen and oxygen atoms in total. The minimum atomic E-state index is 0.0324. The number of alkyl halides is 2. The van der Waals surface area contributed by atoms with E-state index in [9.17, 15) is 0 Å². The third kappa shape index (κ3) is 1.68. The van der Waals surface area contributed by atoms with Gasteiger partial charge in [-0.1, -0.05) is 31.9 Å². The molecule has 0 unspecified atom stereocenters. The molecule has 0 spiro atoms. The molecule has 0 amide bonds. The molecule has 0 aromatic heterocycles. The summed E-state index contributed by atoms with van der Waals surface area (Å²) in [5.74, 6) is 0.990. The zero-order valence-corrected chi connectivity index (χ0v) is 8.67. The van der Waals surface area contributed by atoms with Crippen molar-refractivity contribution in [1.82, 2.24) is 0 Å². The van der Waals surface area contributed by atoms with Gasteiger partial charge in [0.1, 0.15) is 5.54 Å². The van der Waals surface area contributed by atoms with Crippen LogP contribution in [0.4, 0.5) is 0 Å². The highest BCUT2D eigenvalue weighted by atomic mass is 79.9. The molecule has 0 aromatic rings. The quantitative estimate of drug-likeness (QED) is 0.561. The SMILES string of the molecule is BrCC1(CBr)CSN=N1. The standard InChI is InChI=1S/C4H6Br2N2S/c5-1-4(2-6)3-9-8-7-4/h1-3H2. The summed E-state index contributed by atoms with van der Waals surface area (Å²) in [6.45, 7) is 0. The molecule has 0 saturated heterocycles. The lowest BCUT2D eigenvalue weighted by Gasteiger charge is -2.15. The fourth-order valence-corrected chi connectivity index (χ4v) is 3.32. The van der Waals surface area contributed by atoms with Crippen molar-refractivity contribution in [3.05, 3.63) is 0 Å². The van der Waals surface area contributed by atoms with E-state index in [1.54, 1.807) is 0 Å². The van der Waals surface area contributed by atoms with Crippen LogP contribution in [0.3, 0.4) is 0 Å². The molecule has 1 heterocycles. The van der Waals surface area contributed by atoms with Crippen LogP contribution in [-0.2, 0) is 0 Å². The summed E-state index contributed by atoms with van der Waals surface area (Å²) in [5.41, 5.74) is 0.0324. The topological polar surface area (TPSA) is 24.7 Å². The van der Waals surface area contributed by atoms with Gasteiger partial charge in [0.15, 0.2) is 0 Å². The third-order valence-electron chi connectivity index (χ3n) is 1.14. The zero-order chi connectivity index (χ0) is 6.74. The highest BCUT2D eigenvalue weighted by molar-refractivity contribution is 9.09. The van der Waals surface area contributed by atoms with Crippen molar-refractivity contribution in [3.63, 3.8) is 0 Å². The first-order valence-corrected chi connectivity index (χ1v) is 5.68. The summed E-state index contributed by atoms with van der Waals surface area (Å²) in [5, 5.41) is 5.88. The monoisotopic (exact) mass is 272 g/mol. The number of hydrogen-bond acceptors (Lipinski definition) is 3. The van der Waals surface area contributed by atoms with Crippen LogP contribution in [0.2, 0.25) is 0 Å². The van der Waals surface area contributed by atoms with Gasteiger partial charge in [-0.05, 0) is 11.9 Å². The molecule has 0 radical (unpaired) electrons. The molecule has 0 aromatic carbocycles. The molecular weight excluding hydrogens is 268 g/mol. The minimum absolute atomic E-state index is 0.0324. The number of halogens is 2. The molecular formula is C4H6Br2N2S. The van der Waals surface area contributed by atoms with Crippen molar-refractivity contribution in [2.24, 2.45) is 9.63 Å². The molecule has 52 valence electrons. The highest BCUT2D eigenvalue weighted by Crippen LogP contribution is 2.30. The van der Waals surface area contributed by atoms with E-state index in [2.05, 4.69) is 41.5 Å². The van der Waals surface area contributed by atoms with Crippen LogP contribution >= 0.6 is 43.8 Å². The van der Waals surface area contributed by atoms with Crippen molar-refractivity contribution in [3.8, 4) is 0 Å². The first kappa shape index (κ1) is 8.01. The van der Waals surface area contributed by atoms with E-state index in [4.69, 9.17) is 0 Å². The molecule has 1 aliphatic heterocycles. The van der Waals surface area contributed by atoms with Crippen LogP contribution < -0.4 is 0 Å². The minimum Gasteiger partial charge on any atom is -0.172 e. The Labute approximate surface area is 75.3 Å². The van der Waals surface area contributed by atoms with Gasteiger partial charge in [0, 0.05) is 16.4 Å². The Kier molecular flexibility index (Phi) is 2.98. The van der Waals surface area contributed by atoms with E-state index < -0.39 is 0 Å². The van der Waals surface area contributed by atoms with Crippen molar-refractivity contribution >= 4 is 43.8 Å². The predicted octanol–water partition coefficient (Wildman–Crippen LogP) is 2.63. The van der Waals surface area contributed by atoms with Crippen molar-refractivity contribution < 1.29 is 0 Å². The lowest BCUT2D eigenvalue weighted by Crippen LogP contribution is -2.30. The Hall–Kier alpha value is 0.910. The van der Waals surface area contributed by atoms with Gasteiger partial charge in [0.25, 0.3) is 0 Å². The molecule has 0 aliphatic carbocycles. The number of rotatable bonds is 2. The first-order chi connectivity index (χ1) is 4.33. The van der Waals surface area contributed by atoms with E-state index in [0.717, 1.165) is 16.4 Å². The molecule has 0 N–H and O–H groups in total. The van der Waals surface area contributed by atoms with E-state index in [0.29, 0.717) is 0 Å². The summed E-state index contributed by atoms with van der Waals surface area (Å²) in [4.78, 5) is 0. The summed E-state index contributed by atoms with van der Waals surface area (Å²) in [7, 11) is 0. The first-order valence-electron chi connectivity index (χ1n) is 2.49. The average Bonchev–Trinajstić information content (AvgIpc) is 2.36. The summed E-state index contributed by atoms with van der Waals surface area (Å²) < 4.78 is 3.86. The van der Waals surface area contributed by atoms with Gasteiger partial charge in [-0.15, -0.1) is 4.52 Å². The van der Waals surface area contributed by atoms with Crippen LogP contribution in [-0.4, -0.2) is 22.0 Å². The van der Waals surface area contributed by atoms with E-state index in [1.807, 2.05) is 0 Å². The molecule has 5 heteroatoms.